The first-order chi connectivity index (χ1) is 49.7. The van der Waals surface area contributed by atoms with Crippen LogP contribution in [-0.2, 0) is 57.5 Å². The summed E-state index contributed by atoms with van der Waals surface area (Å²) in [6.45, 7) is 12.0. The first-order valence-electron chi connectivity index (χ1n) is 40.0. The molecule has 2 unspecified atom stereocenters. The summed E-state index contributed by atoms with van der Waals surface area (Å²) in [7, 11) is 7.41. The van der Waals surface area contributed by atoms with Crippen molar-refractivity contribution in [3.05, 3.63) is 11.6 Å². The van der Waals surface area contributed by atoms with Crippen molar-refractivity contribution in [1.82, 2.24) is 55.1 Å². The summed E-state index contributed by atoms with van der Waals surface area (Å²) in [4.78, 5) is 194. The van der Waals surface area contributed by atoms with Gasteiger partial charge in [-0.1, -0.05) is 113 Å². The zero-order valence-electron chi connectivity index (χ0n) is 65.0. The molecule has 0 spiro atoms. The molecule has 0 aromatic rings. The molecule has 8 fully saturated rings. The van der Waals surface area contributed by atoms with Gasteiger partial charge in [0.15, 0.2) is 5.78 Å². The molecular weight excluding hydrogens is 1460 g/mol. The number of ketones is 1. The largest absolute Gasteiger partial charge is 0.343 e. The Labute approximate surface area is 637 Å². The van der Waals surface area contributed by atoms with Crippen molar-refractivity contribution < 1.29 is 66.3 Å². The van der Waals surface area contributed by atoms with Crippen LogP contribution in [0.3, 0.4) is 0 Å². The Kier molecular flexibility index (Phi) is 31.5. The van der Waals surface area contributed by atoms with Crippen molar-refractivity contribution in [2.24, 2.45) is 41.4 Å². The lowest BCUT2D eigenvalue weighted by Crippen LogP contribution is -2.66. The predicted octanol–water partition coefficient (Wildman–Crippen LogP) is 9.00. The van der Waals surface area contributed by atoms with E-state index in [0.29, 0.717) is 49.1 Å². The van der Waals surface area contributed by atoms with E-state index >= 15 is 52.7 Å². The SMILES string of the molecule is CC(C)=CC[C@@H]1NC(=O)[C@H](CC2CCCC(I)C2)NC(=O)CN(C)C(=O)[C@H](CC2CCC(F)(F)CC2)N(C)C(=O)[C@@H]2CCN2C(=O)[C@@H]2CCCCN2C(=O)[C@H](C2CCC2)NC(=O)[C@H](CC(C)C)N(C)C(=O)C[C@@H](C(=O)N2CCCCC2)N(C)C(=O)[C@@H](CC(C)C)CC(=O)[C@@H](CC2CCCCC2)N(C)C1=O. The van der Waals surface area contributed by atoms with Crippen molar-refractivity contribution in [2.75, 3.05) is 68.0 Å². The Morgan fingerprint density at radius 1 is 0.524 bits per heavy atom. The second-order valence-electron chi connectivity index (χ2n) is 33.7. The summed E-state index contributed by atoms with van der Waals surface area (Å²) in [6, 6.07) is -10.4. The second-order valence-corrected chi connectivity index (χ2v) is 35.5. The number of hydrogen-bond acceptors (Lipinski definition) is 12. The van der Waals surface area contributed by atoms with Gasteiger partial charge in [0.2, 0.25) is 70.9 Å². The van der Waals surface area contributed by atoms with E-state index in [1.165, 1.54) is 62.5 Å². The van der Waals surface area contributed by atoms with Gasteiger partial charge in [-0.05, 0) is 171 Å². The van der Waals surface area contributed by atoms with Gasteiger partial charge in [0.1, 0.15) is 48.3 Å². The van der Waals surface area contributed by atoms with Gasteiger partial charge in [0.05, 0.1) is 19.0 Å². The van der Waals surface area contributed by atoms with E-state index in [1.807, 2.05) is 47.6 Å². The van der Waals surface area contributed by atoms with E-state index < -0.39 is 163 Å². The van der Waals surface area contributed by atoms with E-state index in [1.54, 1.807) is 11.9 Å². The molecule has 8 rings (SSSR count). The fraction of sp³-hybridized carbons (Fsp3) is 0.823. The van der Waals surface area contributed by atoms with Crippen molar-refractivity contribution in [2.45, 2.75) is 305 Å². The van der Waals surface area contributed by atoms with Crippen molar-refractivity contribution in [1.29, 1.82) is 0 Å². The number of carbonyl (C=O) groups is 12. The van der Waals surface area contributed by atoms with Crippen LogP contribution in [0.4, 0.5) is 8.78 Å². The highest BCUT2D eigenvalue weighted by molar-refractivity contribution is 14.1. The summed E-state index contributed by atoms with van der Waals surface area (Å²) in [6.07, 6.45) is 15.2. The quantitative estimate of drug-likeness (QED) is 0.0836. The van der Waals surface area contributed by atoms with Crippen LogP contribution in [0.25, 0.3) is 0 Å². The van der Waals surface area contributed by atoms with Gasteiger partial charge < -0.3 is 55.1 Å². The summed E-state index contributed by atoms with van der Waals surface area (Å²) in [5.41, 5.74) is 0.856. The first-order valence-corrected chi connectivity index (χ1v) is 41.3. The third-order valence-electron chi connectivity index (χ3n) is 24.4. The van der Waals surface area contributed by atoms with Gasteiger partial charge >= 0.3 is 0 Å². The highest BCUT2D eigenvalue weighted by atomic mass is 127. The minimum absolute atomic E-state index is 0.00456. The lowest BCUT2D eigenvalue weighted by molar-refractivity contribution is -0.162. The lowest BCUT2D eigenvalue weighted by atomic mass is 9.78. The van der Waals surface area contributed by atoms with Crippen LogP contribution in [0, 0.1) is 41.4 Å². The summed E-state index contributed by atoms with van der Waals surface area (Å²) < 4.78 is 29.8. The molecular formula is C79H126F2IN11O12. The highest BCUT2D eigenvalue weighted by Crippen LogP contribution is 2.40. The maximum atomic E-state index is 15.6. The minimum atomic E-state index is -2.89. The topological polar surface area (TPSA) is 267 Å². The number of rotatable bonds is 14. The smallest absolute Gasteiger partial charge is 0.248 e. The van der Waals surface area contributed by atoms with E-state index in [9.17, 15) is 13.6 Å². The molecule has 8 aliphatic rings. The van der Waals surface area contributed by atoms with Crippen molar-refractivity contribution >= 4 is 93.4 Å². The number of nitrogens with one attached hydrogen (secondary N) is 3. The number of Topliss-reactive ketones (excluding diaryl/α,β-unsaturated/α-hetero) is 1. The minimum Gasteiger partial charge on any atom is -0.343 e. The summed E-state index contributed by atoms with van der Waals surface area (Å²) >= 11 is 2.41. The molecule has 4 saturated heterocycles. The Hall–Kier alpha value is -5.83. The number of nitrogens with zero attached hydrogens (tertiary/aromatic N) is 8. The Morgan fingerprint density at radius 2 is 1.10 bits per heavy atom. The lowest BCUT2D eigenvalue weighted by Gasteiger charge is -2.47. The van der Waals surface area contributed by atoms with Crippen LogP contribution in [0.2, 0.25) is 0 Å². The molecule has 0 aromatic carbocycles. The molecule has 0 aromatic heterocycles. The van der Waals surface area contributed by atoms with Gasteiger partial charge in [-0.2, -0.15) is 0 Å². The van der Waals surface area contributed by atoms with Gasteiger partial charge in [-0.3, -0.25) is 57.5 Å². The fourth-order valence-corrected chi connectivity index (χ4v) is 18.8. The average Bonchev–Trinajstić information content (AvgIpc) is 0.780. The maximum Gasteiger partial charge on any atom is 0.248 e. The number of fused-ring (bicyclic) bond motifs is 2. The Balaban J connectivity index is 1.20. The molecule has 12 atom stereocenters. The summed E-state index contributed by atoms with van der Waals surface area (Å²) in [5.74, 6) is -11.4. The number of carbonyl (C=O) groups excluding carboxylic acids is 12. The number of hydrogen-bond donors (Lipinski definition) is 3. The fourth-order valence-electron chi connectivity index (χ4n) is 17.6. The summed E-state index contributed by atoms with van der Waals surface area (Å²) in [5, 5.41) is 9.05. The number of likely N-dealkylation sites (N-methyl/N-ethyl adjacent to an activating group) is 5. The predicted molar refractivity (Wildman–Crippen MR) is 405 cm³/mol. The second kappa shape index (κ2) is 39.0. The molecule has 3 N–H and O–H groups in total. The van der Waals surface area contributed by atoms with Gasteiger partial charge in [0, 0.05) is 90.5 Å². The van der Waals surface area contributed by atoms with Crippen LogP contribution >= 0.6 is 22.6 Å². The molecule has 4 heterocycles. The number of alkyl halides is 3. The highest BCUT2D eigenvalue weighted by Gasteiger charge is 2.50. The van der Waals surface area contributed by atoms with Gasteiger partial charge in [0.25, 0.3) is 0 Å². The van der Waals surface area contributed by atoms with Crippen LogP contribution in [0.15, 0.2) is 11.6 Å². The molecule has 590 valence electrons. The molecule has 26 heteroatoms. The zero-order valence-corrected chi connectivity index (χ0v) is 67.1. The molecule has 0 bridgehead atoms. The van der Waals surface area contributed by atoms with E-state index in [2.05, 4.69) is 38.5 Å². The molecule has 105 heavy (non-hydrogen) atoms. The van der Waals surface area contributed by atoms with Crippen LogP contribution in [0.1, 0.15) is 241 Å². The van der Waals surface area contributed by atoms with Gasteiger partial charge in [-0.25, -0.2) is 8.78 Å². The van der Waals surface area contributed by atoms with Gasteiger partial charge in [-0.15, -0.1) is 0 Å². The molecule has 4 aliphatic carbocycles. The Bertz CT molecular complexity index is 3090. The number of amides is 11. The van der Waals surface area contributed by atoms with Crippen molar-refractivity contribution in [3.63, 3.8) is 0 Å². The molecule has 0 radical (unpaired) electrons. The number of halogens is 3. The standard InChI is InChI=1S/C79H126F2IN11O12/c1-49(2)29-30-58-73(100)88(9)62(44-52-22-14-12-15-23-52)66(94)46-56(40-50(3)4)72(99)89(10)65(76(103)91-36-17-13-18-37-91)47-68(96)87(8)63(41-51(5)6)71(98)85-69(55-25-21-26-55)78(105)92-38-19-16-28-60(92)77(104)93-39-33-61(93)75(102)90(11)64(45-53-31-34-79(80,81)35-32-53)74(101)86(7)48-67(95)83-59(70(97)84-58)43-54-24-20-27-57(82)42-54/h29,50-65,69H,12-28,30-48H2,1-11H3,(H,83,95)(H,84,97)(H,85,98)/t54?,56-,57?,58-,59-,60-,61-,62+,63-,64-,65-,69-/m0/s1. The number of allylic oxidation sites excluding steroid dienone is 1. The zero-order chi connectivity index (χ0) is 76.7. The van der Waals surface area contributed by atoms with Crippen LogP contribution in [-0.4, -0.2) is 242 Å². The van der Waals surface area contributed by atoms with Crippen LogP contribution < -0.4 is 16.0 Å². The molecule has 4 aliphatic heterocycles. The number of likely N-dealkylation sites (tertiary alicyclic amines) is 1. The van der Waals surface area contributed by atoms with E-state index in [-0.39, 0.29) is 113 Å². The third-order valence-corrected chi connectivity index (χ3v) is 25.6. The maximum absolute atomic E-state index is 15.6. The van der Waals surface area contributed by atoms with Crippen LogP contribution in [0.5, 0.6) is 0 Å². The molecule has 11 amide bonds. The molecule has 4 saturated carbocycles. The molecule has 23 nitrogen and oxygen atoms in total. The first kappa shape index (κ1) is 84.8. The number of piperidine rings is 2. The van der Waals surface area contributed by atoms with E-state index in [0.717, 1.165) is 89.0 Å². The third kappa shape index (κ3) is 22.9. The normalized spacial score (nSPS) is 30.9. The van der Waals surface area contributed by atoms with Crippen molar-refractivity contribution in [3.8, 4) is 0 Å². The van der Waals surface area contributed by atoms with E-state index in [4.69, 9.17) is 0 Å². The average molecular weight is 1590 g/mol. The monoisotopic (exact) mass is 1590 g/mol. The Morgan fingerprint density at radius 3 is 1.71 bits per heavy atom.